The van der Waals surface area contributed by atoms with Crippen LogP contribution in [0.5, 0.6) is 0 Å². The van der Waals surface area contributed by atoms with Gasteiger partial charge in [0, 0.05) is 24.3 Å². The lowest BCUT2D eigenvalue weighted by atomic mass is 10.1. The fourth-order valence-electron chi connectivity index (χ4n) is 0.947. The van der Waals surface area contributed by atoms with Crippen LogP contribution >= 0.6 is 11.6 Å². The normalized spacial score (nSPS) is 12.9. The van der Waals surface area contributed by atoms with Crippen molar-refractivity contribution < 1.29 is 0 Å². The molecule has 1 unspecified atom stereocenters. The Morgan fingerprint density at radius 3 is 2.69 bits per heavy atom. The van der Waals surface area contributed by atoms with Crippen molar-refractivity contribution in [3.63, 3.8) is 0 Å². The molecule has 0 spiro atoms. The largest absolute Gasteiger partial charge is 0.365 e. The highest BCUT2D eigenvalue weighted by molar-refractivity contribution is 6.18. The summed E-state index contributed by atoms with van der Waals surface area (Å²) in [5.41, 5.74) is 0. The van der Waals surface area contributed by atoms with Crippen molar-refractivity contribution in [2.75, 3.05) is 11.2 Å². The molecule has 0 aliphatic carbocycles. The molecule has 13 heavy (non-hydrogen) atoms. The third-order valence-corrected chi connectivity index (χ3v) is 2.20. The van der Waals surface area contributed by atoms with Gasteiger partial charge in [0.15, 0.2) is 0 Å². The van der Waals surface area contributed by atoms with E-state index in [4.69, 9.17) is 11.6 Å². The first kappa shape index (κ1) is 10.3. The molecule has 1 N–H and O–H groups in total. The zero-order valence-electron chi connectivity index (χ0n) is 7.87. The van der Waals surface area contributed by atoms with Gasteiger partial charge in [-0.1, -0.05) is 13.8 Å². The van der Waals surface area contributed by atoms with Crippen molar-refractivity contribution >= 4 is 17.4 Å². The summed E-state index contributed by atoms with van der Waals surface area (Å²) < 4.78 is 0. The maximum atomic E-state index is 5.80. The summed E-state index contributed by atoms with van der Waals surface area (Å²) in [4.78, 5) is 8.08. The molecule has 1 atom stereocenters. The topological polar surface area (TPSA) is 37.8 Å². The fourth-order valence-corrected chi connectivity index (χ4v) is 1.38. The predicted molar refractivity (Wildman–Crippen MR) is 55.0 cm³/mol. The first-order chi connectivity index (χ1) is 6.24. The van der Waals surface area contributed by atoms with Crippen molar-refractivity contribution in [2.24, 2.45) is 5.92 Å². The lowest BCUT2D eigenvalue weighted by molar-refractivity contribution is 0.562. The predicted octanol–water partition coefficient (Wildman–Crippen LogP) is 2.15. The van der Waals surface area contributed by atoms with Gasteiger partial charge in [-0.05, 0) is 5.92 Å². The third-order valence-electron chi connectivity index (χ3n) is 1.87. The number of rotatable bonds is 4. The van der Waals surface area contributed by atoms with E-state index in [0.717, 1.165) is 5.82 Å². The number of nitrogens with zero attached hydrogens (tertiary/aromatic N) is 2. The molecule has 1 aromatic heterocycles. The van der Waals surface area contributed by atoms with Gasteiger partial charge >= 0.3 is 0 Å². The van der Waals surface area contributed by atoms with Crippen LogP contribution in [0.4, 0.5) is 5.82 Å². The van der Waals surface area contributed by atoms with Crippen LogP contribution in [0.3, 0.4) is 0 Å². The molecule has 1 heterocycles. The molecule has 0 radical (unpaired) electrons. The zero-order chi connectivity index (χ0) is 9.68. The van der Waals surface area contributed by atoms with Crippen molar-refractivity contribution in [2.45, 2.75) is 19.9 Å². The molecule has 4 heteroatoms. The molecule has 0 saturated heterocycles. The van der Waals surface area contributed by atoms with Crippen LogP contribution in [-0.4, -0.2) is 21.9 Å². The van der Waals surface area contributed by atoms with Gasteiger partial charge in [-0.3, -0.25) is 4.98 Å². The Kier molecular flexibility index (Phi) is 3.96. The van der Waals surface area contributed by atoms with Crippen molar-refractivity contribution in [1.82, 2.24) is 9.97 Å². The van der Waals surface area contributed by atoms with E-state index in [-0.39, 0.29) is 6.04 Å². The summed E-state index contributed by atoms with van der Waals surface area (Å²) in [6, 6.07) is 0.248. The van der Waals surface area contributed by atoms with Crippen molar-refractivity contribution in [3.05, 3.63) is 18.6 Å². The molecule has 0 saturated carbocycles. The molecule has 0 amide bonds. The van der Waals surface area contributed by atoms with Crippen LogP contribution in [0.1, 0.15) is 13.8 Å². The number of anilines is 1. The van der Waals surface area contributed by atoms with E-state index >= 15 is 0 Å². The Labute approximate surface area is 83.5 Å². The van der Waals surface area contributed by atoms with Crippen LogP contribution in [0.15, 0.2) is 18.6 Å². The Balaban J connectivity index is 2.57. The minimum absolute atomic E-state index is 0.248. The zero-order valence-corrected chi connectivity index (χ0v) is 8.62. The van der Waals surface area contributed by atoms with E-state index in [0.29, 0.717) is 11.8 Å². The molecule has 0 fully saturated rings. The smallest absolute Gasteiger partial charge is 0.144 e. The van der Waals surface area contributed by atoms with E-state index in [1.165, 1.54) is 0 Å². The lowest BCUT2D eigenvalue weighted by Gasteiger charge is -2.19. The number of aromatic nitrogens is 2. The number of alkyl halides is 1. The fraction of sp³-hybridized carbons (Fsp3) is 0.556. The second-order valence-electron chi connectivity index (χ2n) is 3.24. The maximum Gasteiger partial charge on any atom is 0.144 e. The SMILES string of the molecule is CC(C)C(CCl)Nc1cnccn1. The Hall–Kier alpha value is -0.830. The molecule has 0 aliphatic heterocycles. The molecule has 3 nitrogen and oxygen atoms in total. The minimum atomic E-state index is 0.248. The van der Waals surface area contributed by atoms with Gasteiger partial charge in [0.05, 0.1) is 6.20 Å². The van der Waals surface area contributed by atoms with Gasteiger partial charge in [-0.2, -0.15) is 0 Å². The molecule has 0 bridgehead atoms. The van der Waals surface area contributed by atoms with E-state index in [1.54, 1.807) is 18.6 Å². The summed E-state index contributed by atoms with van der Waals surface area (Å²) in [7, 11) is 0. The maximum absolute atomic E-state index is 5.80. The third kappa shape index (κ3) is 3.19. The molecule has 72 valence electrons. The quantitative estimate of drug-likeness (QED) is 0.756. The van der Waals surface area contributed by atoms with Crippen LogP contribution in [-0.2, 0) is 0 Å². The Bertz CT molecular complexity index is 238. The van der Waals surface area contributed by atoms with Crippen LogP contribution in [0.2, 0.25) is 0 Å². The molecular weight excluding hydrogens is 186 g/mol. The molecule has 0 aromatic carbocycles. The van der Waals surface area contributed by atoms with Crippen LogP contribution in [0.25, 0.3) is 0 Å². The highest BCUT2D eigenvalue weighted by Gasteiger charge is 2.11. The average Bonchev–Trinajstić information content (AvgIpc) is 2.15. The summed E-state index contributed by atoms with van der Waals surface area (Å²) in [6.45, 7) is 4.24. The van der Waals surface area contributed by atoms with E-state index < -0.39 is 0 Å². The summed E-state index contributed by atoms with van der Waals surface area (Å²) in [5, 5.41) is 3.22. The molecule has 1 rings (SSSR count). The number of hydrogen-bond donors (Lipinski definition) is 1. The number of nitrogens with one attached hydrogen (secondary N) is 1. The van der Waals surface area contributed by atoms with Crippen LogP contribution in [0, 0.1) is 5.92 Å². The second kappa shape index (κ2) is 5.02. The van der Waals surface area contributed by atoms with E-state index in [9.17, 15) is 0 Å². The van der Waals surface area contributed by atoms with Crippen molar-refractivity contribution in [1.29, 1.82) is 0 Å². The highest BCUT2D eigenvalue weighted by atomic mass is 35.5. The molecule has 1 aromatic rings. The van der Waals surface area contributed by atoms with E-state index in [1.807, 2.05) is 0 Å². The molecular formula is C9H14ClN3. The van der Waals surface area contributed by atoms with Crippen molar-refractivity contribution in [3.8, 4) is 0 Å². The molecule has 0 aliphatic rings. The van der Waals surface area contributed by atoms with E-state index in [2.05, 4.69) is 29.1 Å². The summed E-state index contributed by atoms with van der Waals surface area (Å²) in [5.74, 6) is 1.84. The van der Waals surface area contributed by atoms with Gasteiger partial charge in [-0.25, -0.2) is 4.98 Å². The van der Waals surface area contributed by atoms with Gasteiger partial charge in [-0.15, -0.1) is 11.6 Å². The standard InChI is InChI=1S/C9H14ClN3/c1-7(2)8(5-10)13-9-6-11-3-4-12-9/h3-4,6-8H,5H2,1-2H3,(H,12,13). The second-order valence-corrected chi connectivity index (χ2v) is 3.55. The first-order valence-electron chi connectivity index (χ1n) is 4.32. The number of hydrogen-bond acceptors (Lipinski definition) is 3. The lowest BCUT2D eigenvalue weighted by Crippen LogP contribution is -2.27. The first-order valence-corrected chi connectivity index (χ1v) is 4.86. The van der Waals surface area contributed by atoms with Gasteiger partial charge in [0.25, 0.3) is 0 Å². The summed E-state index contributed by atoms with van der Waals surface area (Å²) >= 11 is 5.80. The minimum Gasteiger partial charge on any atom is -0.365 e. The van der Waals surface area contributed by atoms with Gasteiger partial charge in [0.1, 0.15) is 5.82 Å². The Morgan fingerprint density at radius 2 is 2.23 bits per heavy atom. The van der Waals surface area contributed by atoms with Crippen LogP contribution < -0.4 is 5.32 Å². The van der Waals surface area contributed by atoms with Gasteiger partial charge in [0.2, 0.25) is 0 Å². The summed E-state index contributed by atoms with van der Waals surface area (Å²) in [6.07, 6.45) is 5.01. The average molecular weight is 200 g/mol. The Morgan fingerprint density at radius 1 is 1.46 bits per heavy atom. The van der Waals surface area contributed by atoms with Gasteiger partial charge < -0.3 is 5.32 Å². The number of halogens is 1. The monoisotopic (exact) mass is 199 g/mol. The highest BCUT2D eigenvalue weighted by Crippen LogP contribution is 2.09.